The molecule has 266 valence electrons. The predicted molar refractivity (Wildman–Crippen MR) is 192 cm³/mol. The minimum atomic E-state index is -1.03. The summed E-state index contributed by atoms with van der Waals surface area (Å²) in [6.45, 7) is 0. The number of rotatable bonds is 13. The van der Waals surface area contributed by atoms with E-state index in [1.54, 1.807) is 72.8 Å². The lowest BCUT2D eigenvalue weighted by molar-refractivity contribution is -0.385. The number of nitrogens with one attached hydrogen (secondary N) is 2. The van der Waals surface area contributed by atoms with Gasteiger partial charge in [0.15, 0.2) is 0 Å². The molecule has 0 aromatic heterocycles. The molecule has 0 aliphatic heterocycles. The Bertz CT molecular complexity index is 2220. The summed E-state index contributed by atoms with van der Waals surface area (Å²) in [6, 6.07) is 28.6. The fraction of sp³-hybridized carbons (Fsp3) is 0.0526. The molecule has 5 aromatic rings. The molecule has 15 heteroatoms. The molecule has 15 nitrogen and oxygen atoms in total. The van der Waals surface area contributed by atoms with Crippen molar-refractivity contribution in [2.24, 2.45) is 10.2 Å². The van der Waals surface area contributed by atoms with Gasteiger partial charge in [-0.15, -0.1) is 0 Å². The van der Waals surface area contributed by atoms with Gasteiger partial charge in [0, 0.05) is 6.07 Å². The lowest BCUT2D eigenvalue weighted by atomic mass is 10.1. The van der Waals surface area contributed by atoms with E-state index in [2.05, 4.69) is 21.1 Å². The molecule has 0 saturated heterocycles. The maximum Gasteiger partial charge on any atom is 0.350 e. The number of ether oxygens (including phenoxy) is 4. The number of hydrogen-bond donors (Lipinski definition) is 2. The number of hydrazone groups is 2. The van der Waals surface area contributed by atoms with Crippen molar-refractivity contribution in [2.75, 3.05) is 14.2 Å². The Morgan fingerprint density at radius 1 is 0.604 bits per heavy atom. The van der Waals surface area contributed by atoms with Crippen molar-refractivity contribution in [3.63, 3.8) is 0 Å². The summed E-state index contributed by atoms with van der Waals surface area (Å²) in [5.41, 5.74) is 5.30. The van der Waals surface area contributed by atoms with E-state index in [1.807, 2.05) is 0 Å². The van der Waals surface area contributed by atoms with E-state index >= 15 is 0 Å². The summed E-state index contributed by atoms with van der Waals surface area (Å²) in [7, 11) is 2.90. The Labute approximate surface area is 301 Å². The first-order valence-corrected chi connectivity index (χ1v) is 15.5. The van der Waals surface area contributed by atoms with Crippen LogP contribution in [0.1, 0.15) is 52.6 Å². The van der Waals surface area contributed by atoms with Crippen molar-refractivity contribution >= 4 is 41.9 Å². The van der Waals surface area contributed by atoms with Crippen molar-refractivity contribution in [1.29, 1.82) is 0 Å². The standard InChI is InChI=1S/C38H29N5O10/c1-50-33-9-5-3-7-30(33)35(44)41-39-22-24-11-16-27(17-12-24)52-37(46)26-15-20-29(32(21-26)43(48)49)38(47)53-28-18-13-25(14-19-28)23-40-42-36(45)31-8-4-6-10-34(31)51-2/h3-23H,1-2H3,(H,41,44)(H,42,45). The maximum absolute atomic E-state index is 12.9. The Hall–Kier alpha value is -7.68. The number of carbonyl (C=O) groups is 4. The van der Waals surface area contributed by atoms with Crippen LogP contribution in [0.2, 0.25) is 0 Å². The summed E-state index contributed by atoms with van der Waals surface area (Å²) in [6.07, 6.45) is 2.76. The molecular weight excluding hydrogens is 686 g/mol. The number of nitro benzene ring substituents is 1. The maximum atomic E-state index is 12.9. The van der Waals surface area contributed by atoms with Crippen molar-refractivity contribution in [3.05, 3.63) is 159 Å². The van der Waals surface area contributed by atoms with E-state index in [-0.39, 0.29) is 17.1 Å². The second kappa shape index (κ2) is 17.3. The summed E-state index contributed by atoms with van der Waals surface area (Å²) in [4.78, 5) is 61.6. The lowest BCUT2D eigenvalue weighted by Gasteiger charge is -2.08. The molecule has 0 aliphatic carbocycles. The average Bonchev–Trinajstić information content (AvgIpc) is 3.18. The quantitative estimate of drug-likeness (QED) is 0.0510. The van der Waals surface area contributed by atoms with E-state index in [0.29, 0.717) is 33.8 Å². The van der Waals surface area contributed by atoms with Gasteiger partial charge in [0.2, 0.25) is 0 Å². The number of amides is 2. The van der Waals surface area contributed by atoms with Gasteiger partial charge in [0.05, 0.1) is 48.3 Å². The van der Waals surface area contributed by atoms with E-state index in [9.17, 15) is 29.3 Å². The van der Waals surface area contributed by atoms with Gasteiger partial charge in [-0.05, 0) is 96.1 Å². The SMILES string of the molecule is COc1ccccc1C(=O)NN=Cc1ccc(OC(=O)c2ccc(C(=O)Oc3ccc(C=NNC(=O)c4ccccc4OC)cc3)c([N+](=O)[O-])c2)cc1. The summed E-state index contributed by atoms with van der Waals surface area (Å²) in [5, 5.41) is 19.7. The first-order chi connectivity index (χ1) is 25.7. The first kappa shape index (κ1) is 36.6. The van der Waals surface area contributed by atoms with Crippen molar-refractivity contribution in [2.45, 2.75) is 0 Å². The number of methoxy groups -OCH3 is 2. The fourth-order valence-corrected chi connectivity index (χ4v) is 4.67. The Kier molecular flexibility index (Phi) is 12.0. The average molecular weight is 716 g/mol. The molecule has 0 saturated carbocycles. The van der Waals surface area contributed by atoms with Gasteiger partial charge in [0.1, 0.15) is 28.6 Å². The Morgan fingerprint density at radius 3 is 1.51 bits per heavy atom. The Morgan fingerprint density at radius 2 is 1.06 bits per heavy atom. The third-order valence-corrected chi connectivity index (χ3v) is 7.29. The van der Waals surface area contributed by atoms with Gasteiger partial charge in [0.25, 0.3) is 17.5 Å². The van der Waals surface area contributed by atoms with Gasteiger partial charge in [-0.2, -0.15) is 10.2 Å². The van der Waals surface area contributed by atoms with E-state index in [4.69, 9.17) is 18.9 Å². The number of benzene rings is 5. The van der Waals surface area contributed by atoms with Crippen LogP contribution in [-0.2, 0) is 0 Å². The van der Waals surface area contributed by atoms with Gasteiger partial charge < -0.3 is 18.9 Å². The minimum absolute atomic E-state index is 0.0790. The van der Waals surface area contributed by atoms with Gasteiger partial charge in [-0.3, -0.25) is 19.7 Å². The van der Waals surface area contributed by atoms with Crippen molar-refractivity contribution < 1.29 is 43.0 Å². The molecule has 0 aliphatic rings. The zero-order valence-electron chi connectivity index (χ0n) is 28.0. The third-order valence-electron chi connectivity index (χ3n) is 7.29. The molecule has 0 radical (unpaired) electrons. The molecule has 0 heterocycles. The largest absolute Gasteiger partial charge is 0.496 e. The van der Waals surface area contributed by atoms with Crippen LogP contribution in [-0.4, -0.2) is 55.3 Å². The van der Waals surface area contributed by atoms with Crippen LogP contribution in [0.5, 0.6) is 23.0 Å². The van der Waals surface area contributed by atoms with Crippen LogP contribution in [0.15, 0.2) is 125 Å². The zero-order valence-corrected chi connectivity index (χ0v) is 28.0. The van der Waals surface area contributed by atoms with Gasteiger partial charge >= 0.3 is 11.9 Å². The van der Waals surface area contributed by atoms with Crippen LogP contribution in [0.4, 0.5) is 5.69 Å². The molecule has 2 amide bonds. The molecule has 5 aromatic carbocycles. The van der Waals surface area contributed by atoms with Gasteiger partial charge in [-0.25, -0.2) is 20.4 Å². The molecule has 0 fully saturated rings. The monoisotopic (exact) mass is 715 g/mol. The van der Waals surface area contributed by atoms with Crippen molar-refractivity contribution in [1.82, 2.24) is 10.9 Å². The van der Waals surface area contributed by atoms with E-state index in [0.717, 1.165) is 12.1 Å². The summed E-state index contributed by atoms with van der Waals surface area (Å²) < 4.78 is 21.0. The number of nitro groups is 1. The molecule has 0 unspecified atom stereocenters. The smallest absolute Gasteiger partial charge is 0.350 e. The first-order valence-electron chi connectivity index (χ1n) is 15.5. The summed E-state index contributed by atoms with van der Waals surface area (Å²) >= 11 is 0. The predicted octanol–water partition coefficient (Wildman–Crippen LogP) is 5.58. The number of carbonyl (C=O) groups excluding carboxylic acids is 4. The van der Waals surface area contributed by atoms with Crippen LogP contribution in [0.3, 0.4) is 0 Å². The molecule has 5 rings (SSSR count). The van der Waals surface area contributed by atoms with Crippen LogP contribution >= 0.6 is 0 Å². The molecule has 0 atom stereocenters. The van der Waals surface area contributed by atoms with Crippen LogP contribution in [0.25, 0.3) is 0 Å². The van der Waals surface area contributed by atoms with Crippen LogP contribution < -0.4 is 29.8 Å². The number of hydrogen-bond acceptors (Lipinski definition) is 12. The highest BCUT2D eigenvalue weighted by atomic mass is 16.6. The fourth-order valence-electron chi connectivity index (χ4n) is 4.67. The highest BCUT2D eigenvalue weighted by Gasteiger charge is 2.25. The second-order valence-electron chi connectivity index (χ2n) is 10.7. The van der Waals surface area contributed by atoms with Gasteiger partial charge in [-0.1, -0.05) is 24.3 Å². The van der Waals surface area contributed by atoms with Crippen LogP contribution in [0, 0.1) is 10.1 Å². The number of nitrogens with zero attached hydrogens (tertiary/aromatic N) is 3. The number of para-hydroxylation sites is 2. The normalized spacial score (nSPS) is 10.8. The van der Waals surface area contributed by atoms with E-state index < -0.39 is 39.9 Å². The second-order valence-corrected chi connectivity index (χ2v) is 10.7. The minimum Gasteiger partial charge on any atom is -0.496 e. The summed E-state index contributed by atoms with van der Waals surface area (Å²) in [5.74, 6) is -1.89. The molecule has 2 N–H and O–H groups in total. The topological polar surface area (TPSA) is 197 Å². The Balaban J connectivity index is 1.16. The third kappa shape index (κ3) is 9.52. The highest BCUT2D eigenvalue weighted by Crippen LogP contribution is 2.25. The number of esters is 2. The zero-order chi connectivity index (χ0) is 37.7. The molecule has 53 heavy (non-hydrogen) atoms. The molecular formula is C38H29N5O10. The van der Waals surface area contributed by atoms with E-state index in [1.165, 1.54) is 57.0 Å². The lowest BCUT2D eigenvalue weighted by Crippen LogP contribution is -2.18. The van der Waals surface area contributed by atoms with Crippen molar-refractivity contribution in [3.8, 4) is 23.0 Å². The molecule has 0 bridgehead atoms. The molecule has 0 spiro atoms. The highest BCUT2D eigenvalue weighted by molar-refractivity contribution is 6.00.